The fourth-order valence-corrected chi connectivity index (χ4v) is 1.86. The first-order valence-corrected chi connectivity index (χ1v) is 5.51. The van der Waals surface area contributed by atoms with Crippen molar-refractivity contribution in [3.8, 4) is 0 Å². The summed E-state index contributed by atoms with van der Waals surface area (Å²) in [5, 5.41) is 0. The highest BCUT2D eigenvalue weighted by Gasteiger charge is 2.30. The summed E-state index contributed by atoms with van der Waals surface area (Å²) in [5.74, 6) is 0. The number of hydrogen-bond donors (Lipinski definition) is 0. The molecule has 1 aromatic carbocycles. The Morgan fingerprint density at radius 3 is 2.06 bits per heavy atom. The van der Waals surface area contributed by atoms with Crippen LogP contribution < -0.4 is 0 Å². The van der Waals surface area contributed by atoms with Crippen LogP contribution in [0.1, 0.15) is 30.9 Å². The van der Waals surface area contributed by atoms with E-state index in [-0.39, 0.29) is 0 Å². The van der Waals surface area contributed by atoms with Gasteiger partial charge in [0.2, 0.25) is 0 Å². The maximum Gasteiger partial charge on any atom is 0.416 e. The Balaban J connectivity index is 2.25. The Bertz CT molecular complexity index is 461. The second kappa shape index (κ2) is 4.40. The van der Waals surface area contributed by atoms with Gasteiger partial charge in [0.05, 0.1) is 5.56 Å². The third-order valence-electron chi connectivity index (χ3n) is 2.94. The minimum Gasteiger partial charge on any atom is -0.166 e. The van der Waals surface area contributed by atoms with Gasteiger partial charge in [0, 0.05) is 0 Å². The molecule has 0 nitrogen and oxygen atoms in total. The molecule has 1 aliphatic rings. The number of rotatable bonds is 1. The van der Waals surface area contributed by atoms with E-state index in [4.69, 9.17) is 0 Å². The molecule has 0 N–H and O–H groups in total. The summed E-state index contributed by atoms with van der Waals surface area (Å²) < 4.78 is 37.2. The van der Waals surface area contributed by atoms with E-state index >= 15 is 0 Å². The van der Waals surface area contributed by atoms with Crippen molar-refractivity contribution in [2.45, 2.75) is 25.9 Å². The zero-order valence-corrected chi connectivity index (χ0v) is 9.51. The summed E-state index contributed by atoms with van der Waals surface area (Å²) >= 11 is 0. The maximum absolute atomic E-state index is 12.4. The molecule has 90 valence electrons. The van der Waals surface area contributed by atoms with Crippen LogP contribution in [0.4, 0.5) is 13.2 Å². The molecule has 0 saturated carbocycles. The number of hydrogen-bond acceptors (Lipinski definition) is 0. The van der Waals surface area contributed by atoms with Crippen LogP contribution in [0.15, 0.2) is 42.0 Å². The molecule has 0 fully saturated rings. The molecule has 0 radical (unpaired) electrons. The molecule has 0 aromatic heterocycles. The summed E-state index contributed by atoms with van der Waals surface area (Å²) in [6.45, 7) is 2.06. The van der Waals surface area contributed by atoms with E-state index in [9.17, 15) is 13.2 Å². The third kappa shape index (κ3) is 2.78. The summed E-state index contributed by atoms with van der Waals surface area (Å²) in [4.78, 5) is 0. The largest absolute Gasteiger partial charge is 0.416 e. The van der Waals surface area contributed by atoms with E-state index < -0.39 is 11.7 Å². The Labute approximate surface area is 98.5 Å². The Morgan fingerprint density at radius 1 is 0.941 bits per heavy atom. The lowest BCUT2D eigenvalue weighted by Gasteiger charge is -2.13. The number of alkyl halides is 3. The molecule has 0 heterocycles. The molecule has 0 atom stereocenters. The normalized spacial score (nSPS) is 16.5. The Kier molecular flexibility index (Phi) is 3.09. The predicted molar refractivity (Wildman–Crippen MR) is 62.4 cm³/mol. The second-order valence-electron chi connectivity index (χ2n) is 4.28. The maximum atomic E-state index is 12.4. The first kappa shape index (κ1) is 12.0. The lowest BCUT2D eigenvalue weighted by molar-refractivity contribution is -0.137. The van der Waals surface area contributed by atoms with Crippen LogP contribution in [0.5, 0.6) is 0 Å². The van der Waals surface area contributed by atoms with E-state index in [2.05, 4.69) is 6.92 Å². The molecule has 17 heavy (non-hydrogen) atoms. The molecule has 0 saturated heterocycles. The quantitative estimate of drug-likeness (QED) is 0.657. The van der Waals surface area contributed by atoms with Gasteiger partial charge in [-0.25, -0.2) is 0 Å². The molecule has 1 aliphatic carbocycles. The van der Waals surface area contributed by atoms with Gasteiger partial charge in [0.15, 0.2) is 0 Å². The van der Waals surface area contributed by atoms with Crippen molar-refractivity contribution in [3.05, 3.63) is 53.1 Å². The molecule has 0 spiro atoms. The standard InChI is InChI=1S/C14H13F3/c1-10-2-4-11(5-3-10)12-6-8-13(9-7-12)14(15,16)17/h2,4,6-9H,3,5H2,1H3. The van der Waals surface area contributed by atoms with Crippen molar-refractivity contribution in [3.63, 3.8) is 0 Å². The molecule has 0 aliphatic heterocycles. The number of allylic oxidation sites excluding steroid dienone is 4. The molecular weight excluding hydrogens is 225 g/mol. The molecule has 0 unspecified atom stereocenters. The molecular formula is C14H13F3. The smallest absolute Gasteiger partial charge is 0.166 e. The molecule has 3 heteroatoms. The third-order valence-corrected chi connectivity index (χ3v) is 2.94. The van der Waals surface area contributed by atoms with Gasteiger partial charge >= 0.3 is 6.18 Å². The zero-order valence-electron chi connectivity index (χ0n) is 9.51. The van der Waals surface area contributed by atoms with E-state index in [1.165, 1.54) is 5.57 Å². The van der Waals surface area contributed by atoms with Crippen LogP contribution in [0.2, 0.25) is 0 Å². The fourth-order valence-electron chi connectivity index (χ4n) is 1.86. The summed E-state index contributed by atoms with van der Waals surface area (Å²) in [6, 6.07) is 5.37. The van der Waals surface area contributed by atoms with Gasteiger partial charge < -0.3 is 0 Å². The van der Waals surface area contributed by atoms with Gasteiger partial charge in [-0.05, 0) is 43.0 Å². The lowest BCUT2D eigenvalue weighted by atomic mass is 9.93. The fraction of sp³-hybridized carbons (Fsp3) is 0.286. The van der Waals surface area contributed by atoms with Crippen molar-refractivity contribution in [2.75, 3.05) is 0 Å². The summed E-state index contributed by atoms with van der Waals surface area (Å²) in [5.41, 5.74) is 2.69. The molecule has 0 amide bonds. The monoisotopic (exact) mass is 238 g/mol. The van der Waals surface area contributed by atoms with Gasteiger partial charge in [-0.15, -0.1) is 0 Å². The van der Waals surface area contributed by atoms with E-state index in [1.807, 2.05) is 12.2 Å². The minimum absolute atomic E-state index is 0.593. The van der Waals surface area contributed by atoms with Crippen LogP contribution in [0.25, 0.3) is 5.57 Å². The van der Waals surface area contributed by atoms with Crippen molar-refractivity contribution in [2.24, 2.45) is 0 Å². The number of halogens is 3. The van der Waals surface area contributed by atoms with Crippen molar-refractivity contribution in [1.82, 2.24) is 0 Å². The van der Waals surface area contributed by atoms with Crippen molar-refractivity contribution >= 4 is 5.57 Å². The zero-order chi connectivity index (χ0) is 12.5. The van der Waals surface area contributed by atoms with E-state index in [1.54, 1.807) is 12.1 Å². The van der Waals surface area contributed by atoms with Crippen LogP contribution in [-0.4, -0.2) is 0 Å². The van der Waals surface area contributed by atoms with Crippen LogP contribution >= 0.6 is 0 Å². The lowest BCUT2D eigenvalue weighted by Crippen LogP contribution is -2.04. The highest BCUT2D eigenvalue weighted by atomic mass is 19.4. The second-order valence-corrected chi connectivity index (χ2v) is 4.28. The van der Waals surface area contributed by atoms with Crippen molar-refractivity contribution < 1.29 is 13.2 Å². The first-order chi connectivity index (χ1) is 7.97. The summed E-state index contributed by atoms with van der Waals surface area (Å²) in [7, 11) is 0. The van der Waals surface area contributed by atoms with Crippen molar-refractivity contribution in [1.29, 1.82) is 0 Å². The van der Waals surface area contributed by atoms with Gasteiger partial charge in [-0.1, -0.05) is 29.9 Å². The highest BCUT2D eigenvalue weighted by molar-refractivity contribution is 5.68. The molecule has 2 rings (SSSR count). The molecule has 1 aromatic rings. The van der Waals surface area contributed by atoms with Gasteiger partial charge in [0.1, 0.15) is 0 Å². The van der Waals surface area contributed by atoms with E-state index in [0.717, 1.165) is 36.1 Å². The first-order valence-electron chi connectivity index (χ1n) is 5.51. The topological polar surface area (TPSA) is 0 Å². The molecule has 0 bridgehead atoms. The van der Waals surface area contributed by atoms with Crippen LogP contribution in [0, 0.1) is 0 Å². The minimum atomic E-state index is -4.25. The highest BCUT2D eigenvalue weighted by Crippen LogP contribution is 2.31. The van der Waals surface area contributed by atoms with Crippen LogP contribution in [-0.2, 0) is 6.18 Å². The number of benzene rings is 1. The predicted octanol–water partition coefficient (Wildman–Crippen LogP) is 4.83. The van der Waals surface area contributed by atoms with E-state index in [0.29, 0.717) is 0 Å². The summed E-state index contributed by atoms with van der Waals surface area (Å²) in [6.07, 6.45) is 1.63. The SMILES string of the molecule is CC1=CC=C(c2ccc(C(F)(F)F)cc2)CC1. The average Bonchev–Trinajstić information content (AvgIpc) is 2.29. The van der Waals surface area contributed by atoms with Gasteiger partial charge in [0.25, 0.3) is 0 Å². The van der Waals surface area contributed by atoms with Gasteiger partial charge in [-0.3, -0.25) is 0 Å². The Hall–Kier alpha value is -1.51. The Morgan fingerprint density at radius 2 is 1.59 bits per heavy atom. The average molecular weight is 238 g/mol. The van der Waals surface area contributed by atoms with Crippen LogP contribution in [0.3, 0.4) is 0 Å². The van der Waals surface area contributed by atoms with Gasteiger partial charge in [-0.2, -0.15) is 13.2 Å².